The van der Waals surface area contributed by atoms with Crippen molar-refractivity contribution in [1.29, 1.82) is 0 Å². The van der Waals surface area contributed by atoms with Crippen LogP contribution < -0.4 is 4.90 Å². The van der Waals surface area contributed by atoms with E-state index in [2.05, 4.69) is 105 Å². The Morgan fingerprint density at radius 1 is 0.571 bits per heavy atom. The highest BCUT2D eigenvalue weighted by molar-refractivity contribution is 5.76. The van der Waals surface area contributed by atoms with Crippen molar-refractivity contribution >= 4 is 17.1 Å². The molecule has 1 saturated heterocycles. The average molecular weight is 373 g/mol. The zero-order valence-corrected chi connectivity index (χ0v) is 16.9. The second-order valence-electron chi connectivity index (χ2n) is 8.19. The van der Waals surface area contributed by atoms with E-state index in [0.717, 1.165) is 22.6 Å². The zero-order chi connectivity index (χ0) is 19.8. The van der Waals surface area contributed by atoms with Gasteiger partial charge in [-0.3, -0.25) is 0 Å². The van der Waals surface area contributed by atoms with Crippen LogP contribution in [-0.4, -0.2) is 11.2 Å². The van der Waals surface area contributed by atoms with Gasteiger partial charge in [0.05, 0.1) is 11.2 Å². The van der Waals surface area contributed by atoms with Crippen LogP contribution in [0.25, 0.3) is 0 Å². The molecule has 3 aromatic carbocycles. The van der Waals surface area contributed by atoms with Gasteiger partial charge < -0.3 is 14.4 Å². The van der Waals surface area contributed by atoms with Crippen molar-refractivity contribution in [3.05, 3.63) is 90.5 Å². The molecular formula is C25H27NO2. The maximum Gasteiger partial charge on any atom is 0.185 e. The summed E-state index contributed by atoms with van der Waals surface area (Å²) in [6, 6.07) is 29.2. The van der Waals surface area contributed by atoms with Gasteiger partial charge in [0.1, 0.15) is 0 Å². The summed E-state index contributed by atoms with van der Waals surface area (Å²) in [4.78, 5) is 2.24. The Morgan fingerprint density at radius 3 is 1.39 bits per heavy atom. The molecule has 0 aliphatic carbocycles. The molecule has 3 heteroatoms. The van der Waals surface area contributed by atoms with Crippen LogP contribution in [0.5, 0.6) is 0 Å². The van der Waals surface area contributed by atoms with Crippen molar-refractivity contribution < 1.29 is 9.47 Å². The number of hydrogen-bond donors (Lipinski definition) is 0. The molecule has 0 unspecified atom stereocenters. The fourth-order valence-electron chi connectivity index (χ4n) is 3.36. The van der Waals surface area contributed by atoms with Crippen LogP contribution in [0.4, 0.5) is 17.1 Å². The number of para-hydroxylation sites is 2. The van der Waals surface area contributed by atoms with E-state index in [0.29, 0.717) is 0 Å². The number of anilines is 3. The minimum Gasteiger partial charge on any atom is -0.339 e. The summed E-state index contributed by atoms with van der Waals surface area (Å²) in [5.41, 5.74) is 3.70. The van der Waals surface area contributed by atoms with Gasteiger partial charge in [-0.2, -0.15) is 0 Å². The molecule has 1 aliphatic rings. The molecule has 1 heterocycles. The molecule has 3 nitrogen and oxygen atoms in total. The van der Waals surface area contributed by atoms with Crippen LogP contribution in [0, 0.1) is 0 Å². The van der Waals surface area contributed by atoms with Gasteiger partial charge >= 0.3 is 0 Å². The maximum absolute atomic E-state index is 6.18. The van der Waals surface area contributed by atoms with Gasteiger partial charge in [0.25, 0.3) is 0 Å². The van der Waals surface area contributed by atoms with Crippen LogP contribution >= 0.6 is 0 Å². The molecular weight excluding hydrogens is 346 g/mol. The lowest BCUT2D eigenvalue weighted by molar-refractivity contribution is -0.0895. The fraction of sp³-hybridized carbons (Fsp3) is 0.280. The first kappa shape index (κ1) is 18.7. The minimum absolute atomic E-state index is 0.337. The molecule has 0 radical (unpaired) electrons. The Kier molecular flexibility index (Phi) is 4.74. The van der Waals surface area contributed by atoms with E-state index in [9.17, 15) is 0 Å². The Labute approximate surface area is 167 Å². The smallest absolute Gasteiger partial charge is 0.185 e. The normalized spacial score (nSPS) is 18.1. The molecule has 0 aromatic heterocycles. The highest BCUT2D eigenvalue weighted by Gasteiger charge is 2.49. The average Bonchev–Trinajstić information content (AvgIpc) is 2.92. The molecule has 4 rings (SSSR count). The van der Waals surface area contributed by atoms with Crippen molar-refractivity contribution in [1.82, 2.24) is 0 Å². The lowest BCUT2D eigenvalue weighted by Gasteiger charge is -2.30. The van der Waals surface area contributed by atoms with Gasteiger partial charge in [-0.15, -0.1) is 0 Å². The first-order valence-electron chi connectivity index (χ1n) is 9.73. The highest BCUT2D eigenvalue weighted by atomic mass is 16.7. The second-order valence-corrected chi connectivity index (χ2v) is 8.19. The Bertz CT molecular complexity index is 862. The molecule has 28 heavy (non-hydrogen) atoms. The highest BCUT2D eigenvalue weighted by Crippen LogP contribution is 2.45. The Morgan fingerprint density at radius 2 is 0.964 bits per heavy atom. The van der Waals surface area contributed by atoms with Crippen LogP contribution in [0.2, 0.25) is 0 Å². The van der Waals surface area contributed by atoms with Gasteiger partial charge in [-0.05, 0) is 64.1 Å². The van der Waals surface area contributed by atoms with Crippen LogP contribution in [0.3, 0.4) is 0 Å². The number of rotatable bonds is 4. The fourth-order valence-corrected chi connectivity index (χ4v) is 3.36. The summed E-state index contributed by atoms with van der Waals surface area (Å²) in [7, 11) is 0. The summed E-state index contributed by atoms with van der Waals surface area (Å²) >= 11 is 0. The molecule has 0 atom stereocenters. The Hall–Kier alpha value is -2.62. The third kappa shape index (κ3) is 3.44. The molecule has 1 fully saturated rings. The van der Waals surface area contributed by atoms with Gasteiger partial charge in [0.2, 0.25) is 0 Å². The van der Waals surface area contributed by atoms with Crippen LogP contribution in [-0.2, 0) is 9.47 Å². The predicted molar refractivity (Wildman–Crippen MR) is 114 cm³/mol. The molecule has 144 valence electrons. The lowest BCUT2D eigenvalue weighted by atomic mass is 9.90. The van der Waals surface area contributed by atoms with Gasteiger partial charge in [0.15, 0.2) is 6.29 Å². The third-order valence-electron chi connectivity index (χ3n) is 5.71. The van der Waals surface area contributed by atoms with Crippen molar-refractivity contribution in [3.8, 4) is 0 Å². The maximum atomic E-state index is 6.18. The number of nitrogens with zero attached hydrogens (tertiary/aromatic N) is 1. The van der Waals surface area contributed by atoms with E-state index in [1.165, 1.54) is 0 Å². The molecule has 0 N–H and O–H groups in total. The standard InChI is InChI=1S/C25H27NO2/c1-24(2)25(3,4)28-23(27-24)19-15-17-22(18-16-19)26(20-11-7-5-8-12-20)21-13-9-6-10-14-21/h5-18,23H,1-4H3. The molecule has 0 saturated carbocycles. The summed E-state index contributed by atoms with van der Waals surface area (Å²) < 4.78 is 12.4. The van der Waals surface area contributed by atoms with E-state index >= 15 is 0 Å². The van der Waals surface area contributed by atoms with Gasteiger partial charge in [-0.1, -0.05) is 48.5 Å². The topological polar surface area (TPSA) is 21.7 Å². The van der Waals surface area contributed by atoms with E-state index in [4.69, 9.17) is 9.47 Å². The lowest BCUT2D eigenvalue weighted by Crippen LogP contribution is -2.41. The van der Waals surface area contributed by atoms with Crippen LogP contribution in [0.15, 0.2) is 84.9 Å². The quantitative estimate of drug-likeness (QED) is 0.504. The molecule has 1 aliphatic heterocycles. The summed E-state index contributed by atoms with van der Waals surface area (Å²) in [6.07, 6.45) is -0.346. The summed E-state index contributed by atoms with van der Waals surface area (Å²) in [5.74, 6) is 0. The van der Waals surface area contributed by atoms with E-state index in [1.54, 1.807) is 0 Å². The predicted octanol–water partition coefficient (Wildman–Crippen LogP) is 6.76. The monoisotopic (exact) mass is 373 g/mol. The summed E-state index contributed by atoms with van der Waals surface area (Å²) in [6.45, 7) is 8.31. The van der Waals surface area contributed by atoms with E-state index in [1.807, 2.05) is 12.1 Å². The summed E-state index contributed by atoms with van der Waals surface area (Å²) in [5, 5.41) is 0. The van der Waals surface area contributed by atoms with E-state index < -0.39 is 0 Å². The molecule has 0 amide bonds. The molecule has 3 aromatic rings. The second kappa shape index (κ2) is 7.08. The third-order valence-corrected chi connectivity index (χ3v) is 5.71. The molecule has 0 bridgehead atoms. The number of benzene rings is 3. The van der Waals surface area contributed by atoms with Crippen molar-refractivity contribution in [2.45, 2.75) is 45.2 Å². The number of ether oxygens (including phenoxy) is 2. The van der Waals surface area contributed by atoms with E-state index in [-0.39, 0.29) is 17.5 Å². The van der Waals surface area contributed by atoms with Gasteiger partial charge in [0, 0.05) is 22.6 Å². The minimum atomic E-state index is -0.346. The van der Waals surface area contributed by atoms with Crippen molar-refractivity contribution in [3.63, 3.8) is 0 Å². The van der Waals surface area contributed by atoms with Gasteiger partial charge in [-0.25, -0.2) is 0 Å². The van der Waals surface area contributed by atoms with Crippen LogP contribution in [0.1, 0.15) is 39.5 Å². The number of hydrogen-bond acceptors (Lipinski definition) is 3. The van der Waals surface area contributed by atoms with Crippen molar-refractivity contribution in [2.24, 2.45) is 0 Å². The molecule has 0 spiro atoms. The Balaban J connectivity index is 1.66. The zero-order valence-electron chi connectivity index (χ0n) is 16.9. The van der Waals surface area contributed by atoms with Crippen molar-refractivity contribution in [2.75, 3.05) is 4.90 Å². The SMILES string of the molecule is CC1(C)OC(c2ccc(N(c3ccccc3)c3ccccc3)cc2)OC1(C)C. The first-order chi connectivity index (χ1) is 13.4. The first-order valence-corrected chi connectivity index (χ1v) is 9.73. The largest absolute Gasteiger partial charge is 0.339 e.